The number of nitrogens with zero attached hydrogens (tertiary/aromatic N) is 2. The number of benzene rings is 2. The number of hydrogen-bond donors (Lipinski definition) is 3. The fraction of sp³-hybridized carbons (Fsp3) is 0.452. The van der Waals surface area contributed by atoms with Crippen molar-refractivity contribution in [1.82, 2.24) is 14.6 Å². The summed E-state index contributed by atoms with van der Waals surface area (Å²) in [6.45, 7) is 0.368. The van der Waals surface area contributed by atoms with Gasteiger partial charge in [0.2, 0.25) is 10.0 Å². The number of aliphatic hydroxyl groups is 2. The largest absolute Gasteiger partial charge is 0.491 e. The molecule has 2 aromatic carbocycles. The topological polar surface area (TPSA) is 155 Å². The molecular formula is C31H36F3N3O8S2. The summed E-state index contributed by atoms with van der Waals surface area (Å²) in [7, 11) is -7.57. The second-order valence-electron chi connectivity index (χ2n) is 11.6. The summed E-state index contributed by atoms with van der Waals surface area (Å²) in [6, 6.07) is 15.0. The number of aliphatic hydroxyl groups excluding tert-OH is 2. The van der Waals surface area contributed by atoms with Gasteiger partial charge in [-0.3, -0.25) is 0 Å². The summed E-state index contributed by atoms with van der Waals surface area (Å²) in [6.07, 6.45) is -4.03. The lowest BCUT2D eigenvalue weighted by Crippen LogP contribution is -2.47. The van der Waals surface area contributed by atoms with Gasteiger partial charge in [-0.2, -0.15) is 17.5 Å². The molecule has 16 heteroatoms. The smallest absolute Gasteiger partial charge is 0.433 e. The highest BCUT2D eigenvalue weighted by atomic mass is 32.2. The molecule has 1 unspecified atom stereocenters. The Hall–Kier alpha value is -3.12. The number of nitrogens with one attached hydrogen (secondary N) is 1. The summed E-state index contributed by atoms with van der Waals surface area (Å²) in [5, 5.41) is 22.7. The summed E-state index contributed by atoms with van der Waals surface area (Å²) in [5.41, 5.74) is -1.32. The number of halogens is 3. The first-order valence-corrected chi connectivity index (χ1v) is 18.1. The van der Waals surface area contributed by atoms with Gasteiger partial charge in [-0.05, 0) is 61.7 Å². The van der Waals surface area contributed by atoms with E-state index in [1.54, 1.807) is 6.07 Å². The third kappa shape index (κ3) is 8.49. The molecule has 3 heterocycles. The molecule has 256 valence electrons. The quantitative estimate of drug-likeness (QED) is 0.257. The Labute approximate surface area is 271 Å². The van der Waals surface area contributed by atoms with Crippen molar-refractivity contribution in [1.29, 1.82) is 0 Å². The molecule has 5 rings (SSSR count). The van der Waals surface area contributed by atoms with Gasteiger partial charge in [-0.15, -0.1) is 0 Å². The molecule has 2 saturated heterocycles. The van der Waals surface area contributed by atoms with Crippen LogP contribution in [0.3, 0.4) is 0 Å². The second kappa shape index (κ2) is 14.2. The monoisotopic (exact) mass is 699 g/mol. The van der Waals surface area contributed by atoms with E-state index in [1.165, 1.54) is 58.9 Å². The summed E-state index contributed by atoms with van der Waals surface area (Å²) in [4.78, 5) is 3.65. The van der Waals surface area contributed by atoms with Crippen LogP contribution in [-0.4, -0.2) is 99.3 Å². The molecule has 2 fully saturated rings. The average Bonchev–Trinajstić information content (AvgIpc) is 3.44. The minimum absolute atomic E-state index is 0.0166. The number of pyridine rings is 1. The maximum absolute atomic E-state index is 13.5. The van der Waals surface area contributed by atoms with Crippen LogP contribution in [-0.2, 0) is 30.8 Å². The van der Waals surface area contributed by atoms with Crippen molar-refractivity contribution in [3.63, 3.8) is 0 Å². The van der Waals surface area contributed by atoms with Gasteiger partial charge in [0, 0.05) is 31.2 Å². The zero-order chi connectivity index (χ0) is 33.9. The fourth-order valence-electron chi connectivity index (χ4n) is 5.73. The third-order valence-electron chi connectivity index (χ3n) is 8.26. The molecule has 11 nitrogen and oxygen atoms in total. The van der Waals surface area contributed by atoms with E-state index in [9.17, 15) is 35.1 Å². The van der Waals surface area contributed by atoms with E-state index in [0.29, 0.717) is 25.9 Å². The van der Waals surface area contributed by atoms with Crippen LogP contribution in [0.4, 0.5) is 13.2 Å². The van der Waals surface area contributed by atoms with E-state index in [2.05, 4.69) is 10.3 Å². The number of hydrogen-bond acceptors (Lipinski definition) is 10. The maximum atomic E-state index is 13.5. The van der Waals surface area contributed by atoms with E-state index in [4.69, 9.17) is 14.6 Å². The summed E-state index contributed by atoms with van der Waals surface area (Å²) in [5.74, 6) is -0.132. The summed E-state index contributed by atoms with van der Waals surface area (Å²) < 4.78 is 104. The first-order valence-electron chi connectivity index (χ1n) is 15.0. The van der Waals surface area contributed by atoms with Gasteiger partial charge in [-0.25, -0.2) is 21.8 Å². The predicted octanol–water partition coefficient (Wildman–Crippen LogP) is 2.88. The predicted molar refractivity (Wildman–Crippen MR) is 165 cm³/mol. The first-order chi connectivity index (χ1) is 22.2. The van der Waals surface area contributed by atoms with Crippen molar-refractivity contribution in [3.05, 3.63) is 72.4 Å². The summed E-state index contributed by atoms with van der Waals surface area (Å²) >= 11 is 0. The number of alkyl halides is 3. The van der Waals surface area contributed by atoms with Gasteiger partial charge in [0.15, 0.2) is 9.84 Å². The average molecular weight is 700 g/mol. The van der Waals surface area contributed by atoms with Gasteiger partial charge in [-0.1, -0.05) is 24.3 Å². The molecule has 2 atom stereocenters. The Morgan fingerprint density at radius 2 is 1.72 bits per heavy atom. The van der Waals surface area contributed by atoms with Gasteiger partial charge in [0.1, 0.15) is 24.2 Å². The van der Waals surface area contributed by atoms with E-state index < -0.39 is 55.8 Å². The molecule has 0 saturated carbocycles. The van der Waals surface area contributed by atoms with Crippen LogP contribution in [0.2, 0.25) is 0 Å². The molecule has 47 heavy (non-hydrogen) atoms. The maximum Gasteiger partial charge on any atom is 0.433 e. The Kier molecular flexibility index (Phi) is 10.6. The Morgan fingerprint density at radius 3 is 2.45 bits per heavy atom. The Morgan fingerprint density at radius 1 is 1.02 bits per heavy atom. The zero-order valence-corrected chi connectivity index (χ0v) is 26.9. The van der Waals surface area contributed by atoms with E-state index in [1.807, 2.05) is 0 Å². The Bertz CT molecular complexity index is 1770. The fourth-order valence-corrected chi connectivity index (χ4v) is 8.27. The lowest BCUT2D eigenvalue weighted by Gasteiger charge is -2.38. The lowest BCUT2D eigenvalue weighted by molar-refractivity contribution is -0.141. The third-order valence-corrected chi connectivity index (χ3v) is 11.8. The number of rotatable bonds is 12. The van der Waals surface area contributed by atoms with Gasteiger partial charge >= 0.3 is 6.18 Å². The van der Waals surface area contributed by atoms with Crippen molar-refractivity contribution >= 4 is 19.9 Å². The van der Waals surface area contributed by atoms with Crippen LogP contribution >= 0.6 is 0 Å². The van der Waals surface area contributed by atoms with Crippen LogP contribution in [0.5, 0.6) is 5.75 Å². The molecule has 0 radical (unpaired) electrons. The molecule has 2 aliphatic heterocycles. The zero-order valence-electron chi connectivity index (χ0n) is 25.3. The lowest BCUT2D eigenvalue weighted by atomic mass is 9.88. The first kappa shape index (κ1) is 35.2. The van der Waals surface area contributed by atoms with Crippen molar-refractivity contribution in [2.24, 2.45) is 0 Å². The second-order valence-corrected chi connectivity index (χ2v) is 15.7. The van der Waals surface area contributed by atoms with E-state index >= 15 is 0 Å². The van der Waals surface area contributed by atoms with Crippen LogP contribution in [0, 0.1) is 0 Å². The Balaban J connectivity index is 1.11. The van der Waals surface area contributed by atoms with Crippen LogP contribution < -0.4 is 10.1 Å². The normalized spacial score (nSPS) is 19.6. The van der Waals surface area contributed by atoms with Crippen molar-refractivity contribution in [2.75, 3.05) is 45.2 Å². The molecule has 2 aliphatic rings. The molecule has 3 N–H and O–H groups in total. The van der Waals surface area contributed by atoms with E-state index in [-0.39, 0.29) is 59.1 Å². The highest BCUT2D eigenvalue weighted by Gasteiger charge is 2.45. The molecule has 0 bridgehead atoms. The van der Waals surface area contributed by atoms with E-state index in [0.717, 1.165) is 6.07 Å². The number of aromatic nitrogens is 1. The number of piperidine rings is 1. The van der Waals surface area contributed by atoms with Gasteiger partial charge in [0.25, 0.3) is 0 Å². The van der Waals surface area contributed by atoms with Crippen molar-refractivity contribution in [2.45, 2.75) is 53.0 Å². The standard InChI is InChI=1S/C31H36F3N3O8S2/c32-31(33,34)29-9-3-8-28(36-29)22-4-1-7-27(16-22)47(42,43)37-12-10-30(11-13-37)18-23(20-45-30)35-19-24(39)21-44-25-5-2-6-26(17-25)46(40,41)15-14-38/h1-9,16-17,23-24,35,38-39H,10-15,18-21H2/t23-,24?/m1/s1. The minimum Gasteiger partial charge on any atom is -0.491 e. The number of sulfonamides is 1. The highest BCUT2D eigenvalue weighted by Crippen LogP contribution is 2.38. The number of sulfone groups is 1. The van der Waals surface area contributed by atoms with Crippen LogP contribution in [0.25, 0.3) is 11.3 Å². The molecule has 0 amide bonds. The molecular weight excluding hydrogens is 663 g/mol. The number of ether oxygens (including phenoxy) is 2. The van der Waals surface area contributed by atoms with Crippen molar-refractivity contribution < 1.29 is 49.7 Å². The molecule has 3 aromatic rings. The van der Waals surface area contributed by atoms with Crippen molar-refractivity contribution in [3.8, 4) is 17.0 Å². The highest BCUT2D eigenvalue weighted by molar-refractivity contribution is 7.91. The molecule has 1 aromatic heterocycles. The van der Waals surface area contributed by atoms with Gasteiger partial charge < -0.3 is 25.0 Å². The molecule has 1 spiro atoms. The molecule has 0 aliphatic carbocycles. The van der Waals surface area contributed by atoms with Gasteiger partial charge in [0.05, 0.1) is 40.1 Å². The van der Waals surface area contributed by atoms with Crippen LogP contribution in [0.15, 0.2) is 76.5 Å². The SMILES string of the molecule is O=S(=O)(CCO)c1cccc(OCC(O)CN[C@H]2COC3(CCN(S(=O)(=O)c4cccc(-c5cccc(C(F)(F)F)n5)c4)CC3)C2)c1. The minimum atomic E-state index is -4.63. The van der Waals surface area contributed by atoms with Crippen LogP contribution in [0.1, 0.15) is 25.0 Å².